The van der Waals surface area contributed by atoms with Crippen LogP contribution in [0.4, 0.5) is 0 Å². The van der Waals surface area contributed by atoms with Gasteiger partial charge in [-0.2, -0.15) is 13.5 Å². The molecule has 0 bridgehead atoms. The maximum Gasteiger partial charge on any atom is 0.166 e. The molecule has 92 valence electrons. The number of ether oxygens (including phenoxy) is 1. The molecule has 1 fully saturated rings. The van der Waals surface area contributed by atoms with Crippen LogP contribution in [0.25, 0.3) is 10.2 Å². The number of benzene rings is 1. The molecular formula is C11H14N2OS3. The van der Waals surface area contributed by atoms with Gasteiger partial charge in [0.05, 0.1) is 23.4 Å². The number of fused-ring (bicyclic) bond motifs is 1. The van der Waals surface area contributed by atoms with Crippen molar-refractivity contribution in [2.24, 2.45) is 0 Å². The summed E-state index contributed by atoms with van der Waals surface area (Å²) in [6.07, 6.45) is 0. The maximum atomic E-state index is 5.32. The van der Waals surface area contributed by atoms with Crippen molar-refractivity contribution >= 4 is 47.0 Å². The molecule has 3 nitrogen and oxygen atoms in total. The molecular weight excluding hydrogens is 272 g/mol. The van der Waals surface area contributed by atoms with Gasteiger partial charge in [-0.1, -0.05) is 12.1 Å². The highest BCUT2D eigenvalue weighted by Crippen LogP contribution is 2.31. The second kappa shape index (κ2) is 6.06. The van der Waals surface area contributed by atoms with Crippen LogP contribution < -0.4 is 0 Å². The van der Waals surface area contributed by atoms with E-state index < -0.39 is 0 Å². The molecule has 0 amide bonds. The van der Waals surface area contributed by atoms with Crippen molar-refractivity contribution in [3.05, 3.63) is 24.3 Å². The maximum absolute atomic E-state index is 5.32. The first-order valence-corrected chi connectivity index (χ1v) is 6.87. The fourth-order valence-electron chi connectivity index (χ4n) is 1.64. The zero-order valence-corrected chi connectivity index (χ0v) is 11.9. The van der Waals surface area contributed by atoms with Crippen molar-refractivity contribution < 1.29 is 4.74 Å². The zero-order valence-electron chi connectivity index (χ0n) is 9.26. The van der Waals surface area contributed by atoms with Crippen molar-refractivity contribution in [3.63, 3.8) is 0 Å². The van der Waals surface area contributed by atoms with E-state index >= 15 is 0 Å². The summed E-state index contributed by atoms with van der Waals surface area (Å²) in [5.41, 5.74) is 1.10. The molecule has 1 aliphatic rings. The SMILES string of the molecule is S.c1ccc2sc(SN3CCOCC3)nc2c1. The molecule has 0 saturated carbocycles. The van der Waals surface area contributed by atoms with Crippen LogP contribution in [-0.4, -0.2) is 35.6 Å². The third-order valence-corrected chi connectivity index (χ3v) is 4.63. The summed E-state index contributed by atoms with van der Waals surface area (Å²) < 4.78 is 10.0. The first kappa shape index (κ1) is 13.2. The molecule has 1 aliphatic heterocycles. The largest absolute Gasteiger partial charge is 0.379 e. The summed E-state index contributed by atoms with van der Waals surface area (Å²) >= 11 is 3.51. The van der Waals surface area contributed by atoms with Gasteiger partial charge in [-0.3, -0.25) is 0 Å². The summed E-state index contributed by atoms with van der Waals surface area (Å²) in [6.45, 7) is 3.64. The number of nitrogens with zero attached hydrogens (tertiary/aromatic N) is 2. The zero-order chi connectivity index (χ0) is 10.8. The van der Waals surface area contributed by atoms with E-state index in [2.05, 4.69) is 27.5 Å². The second-order valence-corrected chi connectivity index (χ2v) is 5.95. The number of morpholine rings is 1. The van der Waals surface area contributed by atoms with E-state index in [-0.39, 0.29) is 13.5 Å². The van der Waals surface area contributed by atoms with Gasteiger partial charge in [-0.15, -0.1) is 11.3 Å². The van der Waals surface area contributed by atoms with E-state index in [1.54, 1.807) is 23.3 Å². The summed E-state index contributed by atoms with van der Waals surface area (Å²) in [5.74, 6) is 0. The van der Waals surface area contributed by atoms with Crippen molar-refractivity contribution in [1.29, 1.82) is 0 Å². The van der Waals surface area contributed by atoms with E-state index in [1.807, 2.05) is 6.07 Å². The van der Waals surface area contributed by atoms with Gasteiger partial charge >= 0.3 is 0 Å². The standard InChI is InChI=1S/C11H12N2OS2.H2S/c1-2-4-10-9(3-1)12-11(15-10)16-13-5-7-14-8-6-13;/h1-4H,5-8H2;1H2. The number of aromatic nitrogens is 1. The first-order chi connectivity index (χ1) is 7.92. The third-order valence-electron chi connectivity index (χ3n) is 2.45. The quantitative estimate of drug-likeness (QED) is 0.793. The predicted molar refractivity (Wildman–Crippen MR) is 78.3 cm³/mol. The Morgan fingerprint density at radius 3 is 2.76 bits per heavy atom. The summed E-state index contributed by atoms with van der Waals surface area (Å²) in [5, 5.41) is 0. The van der Waals surface area contributed by atoms with Gasteiger partial charge in [-0.05, 0) is 24.1 Å². The molecule has 0 atom stereocenters. The average Bonchev–Trinajstić information content (AvgIpc) is 2.72. The summed E-state index contributed by atoms with van der Waals surface area (Å²) in [7, 11) is 0. The highest BCUT2D eigenvalue weighted by molar-refractivity contribution is 7.98. The Labute approximate surface area is 116 Å². The number of hydrogen-bond acceptors (Lipinski definition) is 5. The number of para-hydroxylation sites is 1. The third kappa shape index (κ3) is 3.14. The van der Waals surface area contributed by atoms with E-state index in [0.29, 0.717) is 0 Å². The number of rotatable bonds is 2. The van der Waals surface area contributed by atoms with Crippen LogP contribution >= 0.6 is 36.8 Å². The molecule has 1 aromatic carbocycles. The Hall–Kier alpha value is -0.270. The highest BCUT2D eigenvalue weighted by Gasteiger charge is 2.14. The van der Waals surface area contributed by atoms with Crippen molar-refractivity contribution in [2.45, 2.75) is 4.34 Å². The lowest BCUT2D eigenvalue weighted by atomic mass is 10.3. The topological polar surface area (TPSA) is 25.4 Å². The molecule has 0 unspecified atom stereocenters. The van der Waals surface area contributed by atoms with Crippen LogP contribution in [0, 0.1) is 0 Å². The van der Waals surface area contributed by atoms with E-state index in [9.17, 15) is 0 Å². The molecule has 1 aromatic heterocycles. The fraction of sp³-hybridized carbons (Fsp3) is 0.364. The Morgan fingerprint density at radius 1 is 1.24 bits per heavy atom. The Morgan fingerprint density at radius 2 is 2.00 bits per heavy atom. The van der Waals surface area contributed by atoms with Crippen molar-refractivity contribution in [3.8, 4) is 0 Å². The fourth-order valence-corrected chi connectivity index (χ4v) is 3.76. The highest BCUT2D eigenvalue weighted by atomic mass is 32.2. The normalized spacial score (nSPS) is 16.9. The van der Waals surface area contributed by atoms with Gasteiger partial charge in [-0.25, -0.2) is 9.29 Å². The van der Waals surface area contributed by atoms with E-state index in [0.717, 1.165) is 36.2 Å². The van der Waals surface area contributed by atoms with Crippen LogP contribution in [-0.2, 0) is 4.74 Å². The summed E-state index contributed by atoms with van der Waals surface area (Å²) in [6, 6.07) is 8.28. The smallest absolute Gasteiger partial charge is 0.166 e. The number of thiazole rings is 1. The van der Waals surface area contributed by atoms with Gasteiger partial charge in [0.15, 0.2) is 4.34 Å². The van der Waals surface area contributed by atoms with Crippen LogP contribution in [0.2, 0.25) is 0 Å². The van der Waals surface area contributed by atoms with Crippen LogP contribution in [0.3, 0.4) is 0 Å². The van der Waals surface area contributed by atoms with E-state index in [1.165, 1.54) is 4.70 Å². The van der Waals surface area contributed by atoms with Gasteiger partial charge in [0.1, 0.15) is 0 Å². The molecule has 0 N–H and O–H groups in total. The minimum absolute atomic E-state index is 0. The Bertz CT molecular complexity index is 449. The molecule has 6 heteroatoms. The van der Waals surface area contributed by atoms with Crippen molar-refractivity contribution in [2.75, 3.05) is 26.3 Å². The summed E-state index contributed by atoms with van der Waals surface area (Å²) in [4.78, 5) is 4.61. The minimum Gasteiger partial charge on any atom is -0.379 e. The van der Waals surface area contributed by atoms with Gasteiger partial charge in [0, 0.05) is 13.1 Å². The Kier molecular flexibility index (Phi) is 4.69. The van der Waals surface area contributed by atoms with Crippen molar-refractivity contribution in [1.82, 2.24) is 9.29 Å². The Balaban J connectivity index is 0.00000108. The first-order valence-electron chi connectivity index (χ1n) is 5.28. The molecule has 0 aliphatic carbocycles. The van der Waals surface area contributed by atoms with Crippen LogP contribution in [0.1, 0.15) is 0 Å². The lowest BCUT2D eigenvalue weighted by Gasteiger charge is -2.23. The van der Waals surface area contributed by atoms with E-state index in [4.69, 9.17) is 4.74 Å². The number of hydrogen-bond donors (Lipinski definition) is 0. The van der Waals surface area contributed by atoms with Gasteiger partial charge in [0.25, 0.3) is 0 Å². The lowest BCUT2D eigenvalue weighted by Crippen LogP contribution is -2.30. The lowest BCUT2D eigenvalue weighted by molar-refractivity contribution is 0.0773. The average molecular weight is 286 g/mol. The predicted octanol–water partition coefficient (Wildman–Crippen LogP) is 2.75. The molecule has 3 rings (SSSR count). The molecule has 0 spiro atoms. The molecule has 17 heavy (non-hydrogen) atoms. The van der Waals surface area contributed by atoms with Crippen LogP contribution in [0.5, 0.6) is 0 Å². The monoisotopic (exact) mass is 286 g/mol. The van der Waals surface area contributed by atoms with Gasteiger partial charge in [0.2, 0.25) is 0 Å². The van der Waals surface area contributed by atoms with Gasteiger partial charge < -0.3 is 4.74 Å². The molecule has 2 aromatic rings. The second-order valence-electron chi connectivity index (χ2n) is 3.58. The molecule has 0 radical (unpaired) electrons. The van der Waals surface area contributed by atoms with Crippen LogP contribution in [0.15, 0.2) is 28.6 Å². The minimum atomic E-state index is 0. The molecule has 1 saturated heterocycles. The molecule has 2 heterocycles.